The van der Waals surface area contributed by atoms with Crippen LogP contribution in [0.25, 0.3) is 0 Å². The molecule has 0 aliphatic heterocycles. The summed E-state index contributed by atoms with van der Waals surface area (Å²) in [4.78, 5) is -0.353. The first-order valence-electron chi connectivity index (χ1n) is 5.27. The molecule has 18 heavy (non-hydrogen) atoms. The Balaban J connectivity index is 2.22. The third-order valence-electron chi connectivity index (χ3n) is 2.39. The van der Waals surface area contributed by atoms with Crippen molar-refractivity contribution < 1.29 is 17.2 Å². The van der Waals surface area contributed by atoms with Crippen molar-refractivity contribution in [3.05, 3.63) is 53.7 Å². The molecular weight excluding hydrogens is 257 g/mol. The van der Waals surface area contributed by atoms with Crippen LogP contribution < -0.4 is 4.72 Å². The summed E-state index contributed by atoms with van der Waals surface area (Å²) < 4.78 is 44.6. The van der Waals surface area contributed by atoms with Crippen LogP contribution in [0.4, 0.5) is 4.39 Å². The molecule has 0 saturated carbocycles. The molecule has 4 nitrogen and oxygen atoms in total. The van der Waals surface area contributed by atoms with E-state index in [0.29, 0.717) is 11.3 Å². The molecule has 0 spiro atoms. The average Bonchev–Trinajstić information content (AvgIpc) is 2.83. The second-order valence-electron chi connectivity index (χ2n) is 3.84. The number of rotatable bonds is 4. The average molecular weight is 269 g/mol. The molecule has 0 fully saturated rings. The zero-order valence-corrected chi connectivity index (χ0v) is 10.5. The Labute approximate surface area is 104 Å². The topological polar surface area (TPSA) is 59.3 Å². The number of nitrogens with one attached hydrogen (secondary N) is 1. The van der Waals surface area contributed by atoms with Crippen molar-refractivity contribution in [2.24, 2.45) is 0 Å². The summed E-state index contributed by atoms with van der Waals surface area (Å²) in [5.41, 5.74) is 0.676. The van der Waals surface area contributed by atoms with Crippen molar-refractivity contribution in [2.45, 2.75) is 18.4 Å². The van der Waals surface area contributed by atoms with Crippen LogP contribution in [0.15, 0.2) is 45.9 Å². The third kappa shape index (κ3) is 2.77. The third-order valence-corrected chi connectivity index (χ3v) is 3.81. The van der Waals surface area contributed by atoms with E-state index in [9.17, 15) is 12.8 Å². The predicted octanol–water partition coefficient (Wildman–Crippen LogP) is 2.21. The van der Waals surface area contributed by atoms with Gasteiger partial charge in [0.2, 0.25) is 10.0 Å². The van der Waals surface area contributed by atoms with Crippen molar-refractivity contribution in [1.82, 2.24) is 4.72 Å². The molecule has 0 saturated heterocycles. The van der Waals surface area contributed by atoms with Gasteiger partial charge in [-0.25, -0.2) is 17.5 Å². The molecule has 6 heteroatoms. The van der Waals surface area contributed by atoms with Gasteiger partial charge in [0.25, 0.3) is 0 Å². The fraction of sp³-hybridized carbons (Fsp3) is 0.167. The molecule has 0 unspecified atom stereocenters. The lowest BCUT2D eigenvalue weighted by Crippen LogP contribution is -2.24. The zero-order chi connectivity index (χ0) is 13.2. The van der Waals surface area contributed by atoms with E-state index in [1.165, 1.54) is 18.4 Å². The van der Waals surface area contributed by atoms with Crippen LogP contribution in [-0.2, 0) is 16.6 Å². The number of hydrogen-bond donors (Lipinski definition) is 1. The Morgan fingerprint density at radius 2 is 2.11 bits per heavy atom. The first-order chi connectivity index (χ1) is 8.49. The van der Waals surface area contributed by atoms with Crippen LogP contribution in [0, 0.1) is 12.7 Å². The van der Waals surface area contributed by atoms with Crippen molar-refractivity contribution in [3.8, 4) is 0 Å². The second kappa shape index (κ2) is 4.91. The zero-order valence-electron chi connectivity index (χ0n) is 9.68. The van der Waals surface area contributed by atoms with Gasteiger partial charge in [-0.3, -0.25) is 0 Å². The monoisotopic (exact) mass is 269 g/mol. The lowest BCUT2D eigenvalue weighted by Gasteiger charge is -2.07. The van der Waals surface area contributed by atoms with Crippen LogP contribution in [-0.4, -0.2) is 8.42 Å². The van der Waals surface area contributed by atoms with Crippen molar-refractivity contribution >= 4 is 10.0 Å². The highest BCUT2D eigenvalue weighted by Crippen LogP contribution is 2.16. The molecule has 2 aromatic rings. The number of hydrogen-bond acceptors (Lipinski definition) is 3. The maximum absolute atomic E-state index is 13.5. The summed E-state index contributed by atoms with van der Waals surface area (Å²) in [6, 6.07) is 7.23. The molecule has 0 atom stereocenters. The van der Waals surface area contributed by atoms with E-state index in [1.54, 1.807) is 19.1 Å². The molecule has 1 aromatic carbocycles. The van der Waals surface area contributed by atoms with Gasteiger partial charge in [-0.15, -0.1) is 0 Å². The van der Waals surface area contributed by atoms with Crippen molar-refractivity contribution in [3.63, 3.8) is 0 Å². The van der Waals surface area contributed by atoms with Gasteiger partial charge in [0.05, 0.1) is 12.8 Å². The molecule has 1 N–H and O–H groups in total. The van der Waals surface area contributed by atoms with Crippen LogP contribution in [0.1, 0.15) is 11.3 Å². The molecule has 0 bridgehead atoms. The minimum atomic E-state index is -3.87. The Bertz CT molecular complexity index is 635. The number of aryl methyl sites for hydroxylation is 1. The summed E-state index contributed by atoms with van der Waals surface area (Å²) in [7, 11) is -3.87. The summed E-state index contributed by atoms with van der Waals surface area (Å²) in [6.45, 7) is 1.69. The van der Waals surface area contributed by atoms with E-state index in [2.05, 4.69) is 4.72 Å². The van der Waals surface area contributed by atoms with E-state index < -0.39 is 15.8 Å². The Hall–Kier alpha value is -1.66. The summed E-state index contributed by atoms with van der Waals surface area (Å²) in [5.74, 6) is -0.306. The minimum absolute atomic E-state index is 0.0112. The van der Waals surface area contributed by atoms with Gasteiger partial charge in [-0.1, -0.05) is 6.07 Å². The number of halogens is 1. The standard InChI is InChI=1S/C12H12FNO3S/c1-9-4-5-11(13)12(7-9)18(15,16)14-8-10-3-2-6-17-10/h2-7,14H,8H2,1H3. The summed E-state index contributed by atoms with van der Waals surface area (Å²) in [5, 5.41) is 0. The van der Waals surface area contributed by atoms with Crippen LogP contribution in [0.5, 0.6) is 0 Å². The highest BCUT2D eigenvalue weighted by Gasteiger charge is 2.19. The molecule has 0 aliphatic rings. The number of furan rings is 1. The molecule has 0 amide bonds. The largest absolute Gasteiger partial charge is 0.468 e. The minimum Gasteiger partial charge on any atom is -0.468 e. The Morgan fingerprint density at radius 3 is 2.78 bits per heavy atom. The number of benzene rings is 1. The van der Waals surface area contributed by atoms with E-state index in [0.717, 1.165) is 6.07 Å². The van der Waals surface area contributed by atoms with Gasteiger partial charge < -0.3 is 4.42 Å². The van der Waals surface area contributed by atoms with E-state index in [1.807, 2.05) is 0 Å². The maximum atomic E-state index is 13.5. The fourth-order valence-corrected chi connectivity index (χ4v) is 2.63. The smallest absolute Gasteiger partial charge is 0.243 e. The molecule has 2 rings (SSSR count). The van der Waals surface area contributed by atoms with Gasteiger partial charge in [-0.05, 0) is 36.8 Å². The lowest BCUT2D eigenvalue weighted by atomic mass is 10.2. The normalized spacial score (nSPS) is 11.7. The molecular formula is C12H12FNO3S. The van der Waals surface area contributed by atoms with E-state index >= 15 is 0 Å². The van der Waals surface area contributed by atoms with Crippen LogP contribution in [0.2, 0.25) is 0 Å². The van der Waals surface area contributed by atoms with Gasteiger partial charge in [0, 0.05) is 0 Å². The van der Waals surface area contributed by atoms with Crippen molar-refractivity contribution in [1.29, 1.82) is 0 Å². The Morgan fingerprint density at radius 1 is 1.33 bits per heavy atom. The highest BCUT2D eigenvalue weighted by atomic mass is 32.2. The SMILES string of the molecule is Cc1ccc(F)c(S(=O)(=O)NCc2ccco2)c1. The number of sulfonamides is 1. The van der Waals surface area contributed by atoms with Gasteiger partial charge >= 0.3 is 0 Å². The quantitative estimate of drug-likeness (QED) is 0.925. The molecule has 1 heterocycles. The van der Waals surface area contributed by atoms with Gasteiger partial charge in [0.1, 0.15) is 16.5 Å². The van der Waals surface area contributed by atoms with E-state index in [-0.39, 0.29) is 11.4 Å². The molecule has 96 valence electrons. The predicted molar refractivity (Wildman–Crippen MR) is 63.9 cm³/mol. The summed E-state index contributed by atoms with van der Waals surface area (Å²) >= 11 is 0. The second-order valence-corrected chi connectivity index (χ2v) is 5.57. The van der Waals surface area contributed by atoms with Crippen LogP contribution >= 0.6 is 0 Å². The van der Waals surface area contributed by atoms with E-state index in [4.69, 9.17) is 4.42 Å². The fourth-order valence-electron chi connectivity index (χ4n) is 1.47. The lowest BCUT2D eigenvalue weighted by molar-refractivity contribution is 0.497. The molecule has 0 aliphatic carbocycles. The van der Waals surface area contributed by atoms with Gasteiger partial charge in [-0.2, -0.15) is 0 Å². The maximum Gasteiger partial charge on any atom is 0.243 e. The highest BCUT2D eigenvalue weighted by molar-refractivity contribution is 7.89. The first-order valence-corrected chi connectivity index (χ1v) is 6.75. The molecule has 0 radical (unpaired) electrons. The van der Waals surface area contributed by atoms with Gasteiger partial charge in [0.15, 0.2) is 0 Å². The summed E-state index contributed by atoms with van der Waals surface area (Å²) in [6.07, 6.45) is 1.44. The Kier molecular flexibility index (Phi) is 3.49. The molecule has 1 aromatic heterocycles. The van der Waals surface area contributed by atoms with Crippen molar-refractivity contribution in [2.75, 3.05) is 0 Å². The first kappa shape index (κ1) is 12.8. The van der Waals surface area contributed by atoms with Crippen LogP contribution in [0.3, 0.4) is 0 Å².